The minimum atomic E-state index is -4.79. The van der Waals surface area contributed by atoms with Crippen molar-refractivity contribution in [1.29, 1.82) is 0 Å². The van der Waals surface area contributed by atoms with E-state index in [2.05, 4.69) is 19.8 Å². The maximum Gasteiger partial charge on any atom is 0.573 e. The highest BCUT2D eigenvalue weighted by molar-refractivity contribution is 5.90. The van der Waals surface area contributed by atoms with Crippen LogP contribution in [0.4, 0.5) is 23.7 Å². The molecule has 184 valence electrons. The summed E-state index contributed by atoms with van der Waals surface area (Å²) in [7, 11) is 1.30. The summed E-state index contributed by atoms with van der Waals surface area (Å²) in [5.74, 6) is -0.847. The number of carbonyl (C=O) groups excluding carboxylic acids is 2. The molecule has 0 radical (unpaired) electrons. The monoisotopic (exact) mass is 487 g/mol. The van der Waals surface area contributed by atoms with Crippen molar-refractivity contribution >= 4 is 17.7 Å². The Balaban J connectivity index is 1.71. The average Bonchev–Trinajstić information content (AvgIpc) is 2.82. The molecular formula is C25H24F3N3O4. The van der Waals surface area contributed by atoms with Gasteiger partial charge in [-0.25, -0.2) is 9.59 Å². The van der Waals surface area contributed by atoms with Crippen LogP contribution in [0.5, 0.6) is 5.75 Å². The molecule has 1 N–H and O–H groups in total. The van der Waals surface area contributed by atoms with Crippen molar-refractivity contribution in [3.63, 3.8) is 0 Å². The fourth-order valence-corrected chi connectivity index (χ4v) is 3.25. The molecule has 0 spiro atoms. The van der Waals surface area contributed by atoms with Crippen LogP contribution in [0.25, 0.3) is 11.3 Å². The van der Waals surface area contributed by atoms with Gasteiger partial charge in [-0.05, 0) is 61.9 Å². The van der Waals surface area contributed by atoms with E-state index in [4.69, 9.17) is 0 Å². The van der Waals surface area contributed by atoms with Crippen LogP contribution in [-0.4, -0.2) is 41.4 Å². The van der Waals surface area contributed by atoms with Crippen LogP contribution >= 0.6 is 0 Å². The summed E-state index contributed by atoms with van der Waals surface area (Å²) in [5.41, 5.74) is 2.98. The molecule has 0 atom stereocenters. The van der Waals surface area contributed by atoms with Crippen LogP contribution in [0.2, 0.25) is 0 Å². The fourth-order valence-electron chi connectivity index (χ4n) is 3.25. The van der Waals surface area contributed by atoms with Crippen LogP contribution in [0.1, 0.15) is 29.8 Å². The van der Waals surface area contributed by atoms with E-state index in [1.807, 2.05) is 38.1 Å². The predicted octanol–water partition coefficient (Wildman–Crippen LogP) is 5.88. The first kappa shape index (κ1) is 25.5. The van der Waals surface area contributed by atoms with Crippen molar-refractivity contribution in [3.8, 4) is 17.0 Å². The first-order chi connectivity index (χ1) is 16.6. The van der Waals surface area contributed by atoms with E-state index in [-0.39, 0.29) is 18.3 Å². The van der Waals surface area contributed by atoms with E-state index < -0.39 is 18.4 Å². The van der Waals surface area contributed by atoms with Crippen molar-refractivity contribution in [3.05, 3.63) is 78.0 Å². The summed E-state index contributed by atoms with van der Waals surface area (Å²) < 4.78 is 45.5. The molecule has 0 saturated heterocycles. The zero-order valence-corrected chi connectivity index (χ0v) is 19.3. The van der Waals surface area contributed by atoms with Gasteiger partial charge in [0, 0.05) is 30.0 Å². The van der Waals surface area contributed by atoms with Crippen LogP contribution in [0, 0.1) is 0 Å². The number of nitrogens with one attached hydrogen (secondary N) is 1. The Morgan fingerprint density at radius 3 is 2.34 bits per heavy atom. The van der Waals surface area contributed by atoms with Crippen LogP contribution in [0.3, 0.4) is 0 Å². The summed E-state index contributed by atoms with van der Waals surface area (Å²) >= 11 is 0. The van der Waals surface area contributed by atoms with Crippen molar-refractivity contribution in [2.75, 3.05) is 12.4 Å². The molecule has 0 aliphatic carbocycles. The molecular weight excluding hydrogens is 463 g/mol. The van der Waals surface area contributed by atoms with Gasteiger partial charge >= 0.3 is 18.4 Å². The van der Waals surface area contributed by atoms with Gasteiger partial charge in [0.2, 0.25) is 0 Å². The minimum absolute atomic E-state index is 0.163. The number of amides is 2. The molecule has 3 aromatic rings. The third-order valence-corrected chi connectivity index (χ3v) is 4.98. The van der Waals surface area contributed by atoms with Crippen LogP contribution in [0.15, 0.2) is 66.9 Å². The number of urea groups is 1. The average molecular weight is 487 g/mol. The summed E-state index contributed by atoms with van der Waals surface area (Å²) in [5, 5.41) is 2.70. The number of nitrogens with zero attached hydrogens (tertiary/aromatic N) is 2. The van der Waals surface area contributed by atoms with E-state index in [1.54, 1.807) is 17.0 Å². The highest BCUT2D eigenvalue weighted by Crippen LogP contribution is 2.25. The number of pyridine rings is 1. The number of hydrogen-bond donors (Lipinski definition) is 1. The SMILES string of the molecule is COC(=O)c1ccc(-c2cccc(CN(C(=O)Nc3ccc(OC(F)(F)F)cc3)C(C)C)c2)nc1. The smallest absolute Gasteiger partial charge is 0.465 e. The molecule has 1 aromatic heterocycles. The van der Waals surface area contributed by atoms with Gasteiger partial charge in [0.15, 0.2) is 0 Å². The molecule has 0 unspecified atom stereocenters. The number of carbonyl (C=O) groups is 2. The molecule has 0 saturated carbocycles. The number of halogens is 3. The minimum Gasteiger partial charge on any atom is -0.465 e. The first-order valence-electron chi connectivity index (χ1n) is 10.6. The normalized spacial score (nSPS) is 11.2. The van der Waals surface area contributed by atoms with Crippen molar-refractivity contribution in [2.24, 2.45) is 0 Å². The second-order valence-corrected chi connectivity index (χ2v) is 7.85. The third kappa shape index (κ3) is 7.20. The number of benzene rings is 2. The summed E-state index contributed by atoms with van der Waals surface area (Å²) in [6.07, 6.45) is -3.35. The second kappa shape index (κ2) is 10.9. The fraction of sp³-hybridized carbons (Fsp3) is 0.240. The largest absolute Gasteiger partial charge is 0.573 e. The number of aromatic nitrogens is 1. The zero-order valence-electron chi connectivity index (χ0n) is 19.3. The highest BCUT2D eigenvalue weighted by Gasteiger charge is 2.31. The Hall–Kier alpha value is -4.08. The van der Waals surface area contributed by atoms with Gasteiger partial charge in [0.05, 0.1) is 18.4 Å². The molecule has 3 rings (SSSR count). The predicted molar refractivity (Wildman–Crippen MR) is 124 cm³/mol. The Labute approximate surface area is 200 Å². The number of anilines is 1. The molecule has 35 heavy (non-hydrogen) atoms. The van der Waals surface area contributed by atoms with Gasteiger partial charge in [-0.3, -0.25) is 4.98 Å². The quantitative estimate of drug-likeness (QED) is 0.421. The lowest BCUT2D eigenvalue weighted by atomic mass is 10.1. The van der Waals surface area contributed by atoms with Gasteiger partial charge in [-0.2, -0.15) is 0 Å². The molecule has 1 heterocycles. The van der Waals surface area contributed by atoms with Crippen molar-refractivity contribution in [1.82, 2.24) is 9.88 Å². The molecule has 0 aliphatic rings. The topological polar surface area (TPSA) is 80.8 Å². The number of esters is 1. The number of methoxy groups -OCH3 is 1. The highest BCUT2D eigenvalue weighted by atomic mass is 19.4. The van der Waals surface area contributed by atoms with E-state index in [0.29, 0.717) is 16.9 Å². The number of rotatable bonds is 7. The lowest BCUT2D eigenvalue weighted by Crippen LogP contribution is -2.39. The van der Waals surface area contributed by atoms with E-state index >= 15 is 0 Å². The summed E-state index contributed by atoms with van der Waals surface area (Å²) in [4.78, 5) is 30.4. The number of ether oxygens (including phenoxy) is 2. The van der Waals surface area contributed by atoms with E-state index in [1.165, 1.54) is 25.4 Å². The molecule has 10 heteroatoms. The maximum atomic E-state index is 12.9. The van der Waals surface area contributed by atoms with E-state index in [9.17, 15) is 22.8 Å². The van der Waals surface area contributed by atoms with Gasteiger partial charge in [-0.15, -0.1) is 13.2 Å². The summed E-state index contributed by atoms with van der Waals surface area (Å²) in [6, 6.07) is 15.2. The Morgan fingerprint density at radius 1 is 1.06 bits per heavy atom. The van der Waals surface area contributed by atoms with Gasteiger partial charge in [-0.1, -0.05) is 18.2 Å². The standard InChI is InChI=1S/C25H24F3N3O4/c1-16(2)31(24(33)30-20-8-10-21(11-9-20)35-25(26,27)28)15-17-5-4-6-18(13-17)22-12-7-19(14-29-22)23(32)34-3/h4-14,16H,15H2,1-3H3,(H,30,33). The summed E-state index contributed by atoms with van der Waals surface area (Å²) in [6.45, 7) is 4.00. The third-order valence-electron chi connectivity index (χ3n) is 4.98. The first-order valence-corrected chi connectivity index (χ1v) is 10.6. The van der Waals surface area contributed by atoms with Gasteiger partial charge in [0.25, 0.3) is 0 Å². The second-order valence-electron chi connectivity index (χ2n) is 7.85. The molecule has 0 fully saturated rings. The molecule has 0 bridgehead atoms. The number of alkyl halides is 3. The van der Waals surface area contributed by atoms with Crippen LogP contribution in [-0.2, 0) is 11.3 Å². The molecule has 2 amide bonds. The lowest BCUT2D eigenvalue weighted by molar-refractivity contribution is -0.274. The molecule has 2 aromatic carbocycles. The zero-order chi connectivity index (χ0) is 25.6. The Bertz CT molecular complexity index is 1160. The molecule has 0 aliphatic heterocycles. The Kier molecular flexibility index (Phi) is 7.95. The van der Waals surface area contributed by atoms with Gasteiger partial charge < -0.3 is 19.7 Å². The van der Waals surface area contributed by atoms with E-state index in [0.717, 1.165) is 23.3 Å². The Morgan fingerprint density at radius 2 is 1.77 bits per heavy atom. The number of hydrogen-bond acceptors (Lipinski definition) is 5. The molecule has 7 nitrogen and oxygen atoms in total. The van der Waals surface area contributed by atoms with Crippen molar-refractivity contribution < 1.29 is 32.2 Å². The lowest BCUT2D eigenvalue weighted by Gasteiger charge is -2.27. The maximum absolute atomic E-state index is 12.9. The van der Waals surface area contributed by atoms with Gasteiger partial charge in [0.1, 0.15) is 5.75 Å². The van der Waals surface area contributed by atoms with Crippen molar-refractivity contribution in [2.45, 2.75) is 32.8 Å². The van der Waals surface area contributed by atoms with Crippen LogP contribution < -0.4 is 10.1 Å².